The summed E-state index contributed by atoms with van der Waals surface area (Å²) in [5.74, 6) is 0.553. The second-order valence-electron chi connectivity index (χ2n) is 9.20. The van der Waals surface area contributed by atoms with Gasteiger partial charge in [-0.25, -0.2) is 8.42 Å². The molecule has 11 heteroatoms. The zero-order chi connectivity index (χ0) is 26.1. The van der Waals surface area contributed by atoms with Gasteiger partial charge in [0.15, 0.2) is 5.84 Å². The van der Waals surface area contributed by atoms with Gasteiger partial charge in [-0.15, -0.1) is 5.10 Å². The van der Waals surface area contributed by atoms with E-state index in [4.69, 9.17) is 14.9 Å². The van der Waals surface area contributed by atoms with Crippen LogP contribution >= 0.6 is 11.8 Å². The molecule has 0 saturated heterocycles. The third-order valence-electron chi connectivity index (χ3n) is 5.29. The van der Waals surface area contributed by atoms with Gasteiger partial charge in [0.1, 0.15) is 24.7 Å². The Bertz CT molecular complexity index is 1390. The number of benzene rings is 2. The van der Waals surface area contributed by atoms with Gasteiger partial charge in [0.05, 0.1) is 5.57 Å². The van der Waals surface area contributed by atoms with Gasteiger partial charge in [0.25, 0.3) is 5.91 Å². The normalized spacial score (nSPS) is 17.1. The van der Waals surface area contributed by atoms with Crippen LogP contribution in [0.15, 0.2) is 64.2 Å². The summed E-state index contributed by atoms with van der Waals surface area (Å²) in [6, 6.07) is 15.0. The van der Waals surface area contributed by atoms with E-state index in [2.05, 4.69) is 43.0 Å². The molecule has 0 aromatic heterocycles. The van der Waals surface area contributed by atoms with Crippen LogP contribution in [-0.2, 0) is 20.0 Å². The molecule has 0 fully saturated rings. The summed E-state index contributed by atoms with van der Waals surface area (Å²) in [6.07, 6.45) is 2.53. The highest BCUT2D eigenvalue weighted by molar-refractivity contribution is 8.42. The highest BCUT2D eigenvalue weighted by Gasteiger charge is 2.38. The maximum Gasteiger partial charge on any atom is 0.283 e. The van der Waals surface area contributed by atoms with Crippen molar-refractivity contribution in [1.29, 1.82) is 5.41 Å². The van der Waals surface area contributed by atoms with Crippen LogP contribution in [0.5, 0.6) is 11.5 Å². The van der Waals surface area contributed by atoms with E-state index in [1.165, 1.54) is 11.6 Å². The van der Waals surface area contributed by atoms with E-state index in [9.17, 15) is 13.2 Å². The molecule has 0 spiro atoms. The molecule has 188 valence electrons. The molecular weight excluding hydrogens is 500 g/mol. The van der Waals surface area contributed by atoms with Crippen molar-refractivity contribution in [3.8, 4) is 11.5 Å². The Hall–Kier alpha value is -3.44. The first-order chi connectivity index (χ1) is 16.9. The fraction of sp³-hybridized carbons (Fsp3) is 0.280. The molecule has 2 aromatic rings. The van der Waals surface area contributed by atoms with Gasteiger partial charge in [0, 0.05) is 6.26 Å². The second kappa shape index (κ2) is 9.90. The summed E-state index contributed by atoms with van der Waals surface area (Å²) < 4.78 is 34.8. The second-order valence-corrected chi connectivity index (χ2v) is 12.3. The third kappa shape index (κ3) is 5.85. The predicted octanol–water partition coefficient (Wildman–Crippen LogP) is 4.06. The lowest BCUT2D eigenvalue weighted by molar-refractivity contribution is -0.114. The summed E-state index contributed by atoms with van der Waals surface area (Å²) in [7, 11) is -3.58. The number of carbonyl (C=O) groups excluding carboxylic acids is 1. The highest BCUT2D eigenvalue weighted by atomic mass is 32.3. The minimum atomic E-state index is -3.58. The molecule has 0 bridgehead atoms. The number of hydrazone groups is 1. The number of hydrogen-bond donors (Lipinski definition) is 1. The van der Waals surface area contributed by atoms with Gasteiger partial charge >= 0.3 is 0 Å². The van der Waals surface area contributed by atoms with Gasteiger partial charge < -0.3 is 9.47 Å². The average Bonchev–Trinajstić information content (AvgIpc) is 3.25. The summed E-state index contributed by atoms with van der Waals surface area (Å²) in [5, 5.41) is 13.4. The van der Waals surface area contributed by atoms with E-state index in [0.717, 1.165) is 28.8 Å². The fourth-order valence-electron chi connectivity index (χ4n) is 3.32. The molecule has 0 unspecified atom stereocenters. The Morgan fingerprint density at radius 1 is 1.00 bits per heavy atom. The van der Waals surface area contributed by atoms with Crippen molar-refractivity contribution in [3.05, 3.63) is 65.2 Å². The molecule has 4 rings (SSSR count). The van der Waals surface area contributed by atoms with Gasteiger partial charge in [-0.05, 0) is 58.6 Å². The van der Waals surface area contributed by atoms with Crippen LogP contribution in [0.3, 0.4) is 0 Å². The van der Waals surface area contributed by atoms with E-state index < -0.39 is 15.7 Å². The number of nitrogens with one attached hydrogen (secondary N) is 1. The number of rotatable bonds is 6. The van der Waals surface area contributed by atoms with Crippen molar-refractivity contribution < 1.29 is 22.7 Å². The molecule has 0 aliphatic carbocycles. The molecule has 0 atom stereocenters. The number of ether oxygens (including phenoxy) is 2. The minimum absolute atomic E-state index is 0.0115. The molecule has 1 amide bonds. The maximum absolute atomic E-state index is 12.5. The lowest BCUT2D eigenvalue weighted by Crippen LogP contribution is -2.35. The predicted molar refractivity (Wildman–Crippen MR) is 142 cm³/mol. The Labute approximate surface area is 214 Å². The van der Waals surface area contributed by atoms with E-state index in [1.807, 2.05) is 12.1 Å². The molecule has 9 nitrogen and oxygen atoms in total. The number of hydrogen-bond acceptors (Lipinski definition) is 8. The molecule has 0 radical (unpaired) electrons. The number of nitrogens with zero attached hydrogens (tertiary/aromatic N) is 3. The molecule has 2 heterocycles. The number of amides is 1. The largest absolute Gasteiger partial charge is 0.490 e. The Balaban J connectivity index is 1.34. The average molecular weight is 527 g/mol. The number of amidine groups is 2. The Morgan fingerprint density at radius 3 is 2.08 bits per heavy atom. The number of thioether (sulfide) groups is 1. The number of aliphatic imine (C=N–C) groups is 1. The van der Waals surface area contributed by atoms with E-state index in [-0.39, 0.29) is 26.4 Å². The van der Waals surface area contributed by atoms with Crippen molar-refractivity contribution in [1.82, 2.24) is 5.01 Å². The molecule has 2 aliphatic heterocycles. The SMILES string of the molecule is CC(C)(C)c1ccc(OCCOc2ccc(/C=C3/C(=N)N4N=C(S(C)(=O)=O)SC4=NC3=O)cc2)cc1. The van der Waals surface area contributed by atoms with E-state index in [0.29, 0.717) is 24.5 Å². The van der Waals surface area contributed by atoms with Crippen LogP contribution in [0.4, 0.5) is 0 Å². The molecule has 1 N–H and O–H groups in total. The first kappa shape index (κ1) is 25.6. The van der Waals surface area contributed by atoms with Crippen molar-refractivity contribution in [3.63, 3.8) is 0 Å². The number of fused-ring (bicyclic) bond motifs is 1. The summed E-state index contributed by atoms with van der Waals surface area (Å²) >= 11 is 0.751. The monoisotopic (exact) mass is 526 g/mol. The first-order valence-corrected chi connectivity index (χ1v) is 13.8. The third-order valence-corrected chi connectivity index (χ3v) is 7.86. The van der Waals surface area contributed by atoms with E-state index in [1.54, 1.807) is 24.3 Å². The maximum atomic E-state index is 12.5. The van der Waals surface area contributed by atoms with Crippen LogP contribution in [-0.4, -0.2) is 54.2 Å². The zero-order valence-electron chi connectivity index (χ0n) is 20.3. The van der Waals surface area contributed by atoms with Crippen LogP contribution < -0.4 is 9.47 Å². The lowest BCUT2D eigenvalue weighted by atomic mass is 9.87. The van der Waals surface area contributed by atoms with Crippen molar-refractivity contribution in [2.75, 3.05) is 19.5 Å². The summed E-state index contributed by atoms with van der Waals surface area (Å²) in [6.45, 7) is 7.23. The standard InChI is InChI=1S/C25H26N4O5S2/c1-25(2,3)17-7-11-19(12-8-17)34-14-13-33-18-9-5-16(6-10-18)15-20-21(26)29-23(27-22(20)30)35-24(28-29)36(4,31)32/h5-12,15,26H,13-14H2,1-4H3/b20-15-,26-21?. The first-order valence-electron chi connectivity index (χ1n) is 11.1. The number of carbonyl (C=O) groups is 1. The molecule has 2 aromatic carbocycles. The molecule has 2 aliphatic rings. The Kier molecular flexibility index (Phi) is 7.05. The van der Waals surface area contributed by atoms with Crippen molar-refractivity contribution in [2.45, 2.75) is 26.2 Å². The van der Waals surface area contributed by atoms with Crippen LogP contribution in [0.2, 0.25) is 0 Å². The van der Waals surface area contributed by atoms with E-state index >= 15 is 0 Å². The minimum Gasteiger partial charge on any atom is -0.490 e. The topological polar surface area (TPSA) is 121 Å². The van der Waals surface area contributed by atoms with Crippen LogP contribution in [0, 0.1) is 5.41 Å². The molecule has 0 saturated carbocycles. The van der Waals surface area contributed by atoms with Gasteiger partial charge in [0.2, 0.25) is 19.4 Å². The quantitative estimate of drug-likeness (QED) is 0.445. The highest BCUT2D eigenvalue weighted by Crippen LogP contribution is 2.30. The van der Waals surface area contributed by atoms with Gasteiger partial charge in [-0.3, -0.25) is 10.2 Å². The van der Waals surface area contributed by atoms with Gasteiger partial charge in [-0.1, -0.05) is 45.0 Å². The van der Waals surface area contributed by atoms with Crippen molar-refractivity contribution in [2.24, 2.45) is 10.1 Å². The Morgan fingerprint density at radius 2 is 1.56 bits per heavy atom. The summed E-state index contributed by atoms with van der Waals surface area (Å²) in [4.78, 5) is 16.3. The molecular formula is C25H26N4O5S2. The molecule has 36 heavy (non-hydrogen) atoms. The van der Waals surface area contributed by atoms with Gasteiger partial charge in [-0.2, -0.15) is 10.0 Å². The smallest absolute Gasteiger partial charge is 0.283 e. The number of sulfone groups is 1. The zero-order valence-corrected chi connectivity index (χ0v) is 21.9. The van der Waals surface area contributed by atoms with Crippen molar-refractivity contribution >= 4 is 49.0 Å². The lowest BCUT2D eigenvalue weighted by Gasteiger charge is -2.20. The fourth-order valence-corrected chi connectivity index (χ4v) is 5.01. The summed E-state index contributed by atoms with van der Waals surface area (Å²) in [5.41, 5.74) is 2.00. The van der Waals surface area contributed by atoms with Crippen LogP contribution in [0.25, 0.3) is 6.08 Å². The van der Waals surface area contributed by atoms with Crippen LogP contribution in [0.1, 0.15) is 31.9 Å².